The number of fused-ring (bicyclic) bond motifs is 1. The highest BCUT2D eigenvalue weighted by molar-refractivity contribution is 7.53. The van der Waals surface area contributed by atoms with Gasteiger partial charge in [0.1, 0.15) is 36.2 Å². The average Bonchev–Trinajstić information content (AvgIpc) is 3.08. The lowest BCUT2D eigenvalue weighted by Gasteiger charge is -2.24. The van der Waals surface area contributed by atoms with Gasteiger partial charge in [0.2, 0.25) is 5.60 Å². The number of nitrogen functional groups attached to an aromatic ring is 1. The molecule has 2 aromatic heterocycles. The fraction of sp³-hybridized carbons (Fsp3) is 0.417. The molecule has 1 aliphatic rings. The Morgan fingerprint density at radius 1 is 1.48 bits per heavy atom. The van der Waals surface area contributed by atoms with Gasteiger partial charge >= 0.3 is 7.67 Å². The molecule has 2 aromatic rings. The van der Waals surface area contributed by atoms with E-state index in [1.165, 1.54) is 16.9 Å². The highest BCUT2D eigenvalue weighted by Crippen LogP contribution is 2.41. The summed E-state index contributed by atoms with van der Waals surface area (Å²) in [4.78, 5) is 3.83. The van der Waals surface area contributed by atoms with Crippen LogP contribution in [0.3, 0.4) is 0 Å². The lowest BCUT2D eigenvalue weighted by molar-refractivity contribution is -0.0609. The monoisotopic (exact) mass is 369 g/mol. The van der Waals surface area contributed by atoms with Gasteiger partial charge in [0, 0.05) is 0 Å². The topological polar surface area (TPSA) is 208 Å². The first-order valence-corrected chi connectivity index (χ1v) is 8.81. The molecule has 0 spiro atoms. The Labute approximate surface area is 141 Å². The molecule has 3 rings (SSSR count). The summed E-state index contributed by atoms with van der Waals surface area (Å²) in [5.74, 6) is 0.162. The van der Waals surface area contributed by atoms with Gasteiger partial charge in [0.05, 0.1) is 12.3 Å². The number of anilines is 1. The van der Waals surface area contributed by atoms with Crippen molar-refractivity contribution in [2.75, 3.05) is 12.3 Å². The third kappa shape index (κ3) is 2.88. The predicted molar refractivity (Wildman–Crippen MR) is 83.5 cm³/mol. The third-order valence-electron chi connectivity index (χ3n) is 3.93. The molecule has 13 heteroatoms. The van der Waals surface area contributed by atoms with Crippen molar-refractivity contribution in [1.82, 2.24) is 14.6 Å². The molecule has 0 aliphatic carbocycles. The van der Waals surface area contributed by atoms with Gasteiger partial charge in [-0.05, 0) is 12.1 Å². The summed E-state index contributed by atoms with van der Waals surface area (Å²) < 4.78 is 22.9. The standard InChI is InChI=1S/C12H16N7O5P/c13-4-12(8-2-1-6-11(14)17-5-18-19(6)8)10(21)9(20)7(24-12)3-23-25(15,16)22/h1-2,5,7,9-10,20-21H,3H2,(H2,14,17,18)(H4,15,16,22)/t7-,9-,10-,12+/m1/s1. The van der Waals surface area contributed by atoms with Gasteiger partial charge in [-0.15, -0.1) is 0 Å². The number of rotatable bonds is 4. The molecule has 0 radical (unpaired) electrons. The summed E-state index contributed by atoms with van der Waals surface area (Å²) in [5.41, 5.74) is 14.5. The maximum Gasteiger partial charge on any atom is 0.335 e. The van der Waals surface area contributed by atoms with Crippen LogP contribution in [0.1, 0.15) is 5.69 Å². The SMILES string of the molecule is N#C[C@@]1(c2ccc3c(N)ncnn23)O[C@H](COP(N)(N)=O)[C@@H](O)[C@H]1O. The van der Waals surface area contributed by atoms with E-state index in [1.807, 2.05) is 6.07 Å². The summed E-state index contributed by atoms with van der Waals surface area (Å²) in [5, 5.41) is 34.3. The van der Waals surface area contributed by atoms with E-state index in [2.05, 4.69) is 10.1 Å². The second kappa shape index (κ2) is 6.01. The largest absolute Gasteiger partial charge is 0.387 e. The van der Waals surface area contributed by atoms with Crippen molar-refractivity contribution >= 4 is 19.0 Å². The Kier molecular flexibility index (Phi) is 4.26. The molecular formula is C12H16N7O5P. The maximum atomic E-state index is 11.3. The fourth-order valence-electron chi connectivity index (χ4n) is 2.74. The van der Waals surface area contributed by atoms with Crippen molar-refractivity contribution in [1.29, 1.82) is 5.26 Å². The molecule has 12 nitrogen and oxygen atoms in total. The van der Waals surface area contributed by atoms with Gasteiger partial charge in [-0.3, -0.25) is 4.57 Å². The fourth-order valence-corrected chi connectivity index (χ4v) is 3.12. The molecule has 4 atom stereocenters. The number of nitrogens with two attached hydrogens (primary N) is 3. The Morgan fingerprint density at radius 2 is 2.20 bits per heavy atom. The van der Waals surface area contributed by atoms with Crippen LogP contribution in [0.4, 0.5) is 5.82 Å². The smallest absolute Gasteiger partial charge is 0.335 e. The Bertz CT molecular complexity index is 892. The molecule has 1 saturated heterocycles. The quantitative estimate of drug-likeness (QED) is 0.379. The van der Waals surface area contributed by atoms with Gasteiger partial charge in [-0.25, -0.2) is 20.5 Å². The molecule has 0 amide bonds. The zero-order valence-corrected chi connectivity index (χ0v) is 13.7. The molecule has 1 aliphatic heterocycles. The minimum Gasteiger partial charge on any atom is -0.387 e. The molecule has 25 heavy (non-hydrogen) atoms. The summed E-state index contributed by atoms with van der Waals surface area (Å²) in [6.45, 7) is -0.480. The first kappa shape index (κ1) is 17.7. The van der Waals surface area contributed by atoms with Crippen LogP contribution in [0.15, 0.2) is 18.5 Å². The maximum absolute atomic E-state index is 11.3. The Hall–Kier alpha value is -2.10. The van der Waals surface area contributed by atoms with E-state index in [0.29, 0.717) is 5.52 Å². The highest BCUT2D eigenvalue weighted by atomic mass is 31.2. The van der Waals surface area contributed by atoms with Crippen LogP contribution < -0.4 is 16.7 Å². The van der Waals surface area contributed by atoms with Crippen LogP contribution in [0.2, 0.25) is 0 Å². The zero-order chi connectivity index (χ0) is 18.4. The second-order valence-corrected chi connectivity index (χ2v) is 7.09. The van der Waals surface area contributed by atoms with E-state index in [1.54, 1.807) is 6.07 Å². The Balaban J connectivity index is 2.01. The van der Waals surface area contributed by atoms with Crippen molar-refractivity contribution in [2.45, 2.75) is 23.9 Å². The van der Waals surface area contributed by atoms with Crippen molar-refractivity contribution in [3.05, 3.63) is 24.2 Å². The van der Waals surface area contributed by atoms with Gasteiger partial charge in [-0.2, -0.15) is 10.4 Å². The number of hydrogen-bond acceptors (Lipinski definition) is 9. The first-order valence-electron chi connectivity index (χ1n) is 7.05. The van der Waals surface area contributed by atoms with Gasteiger partial charge < -0.3 is 25.2 Å². The molecule has 134 valence electrons. The molecule has 0 saturated carbocycles. The van der Waals surface area contributed by atoms with Crippen molar-refractivity contribution in [2.24, 2.45) is 11.0 Å². The molecule has 3 heterocycles. The molecular weight excluding hydrogens is 353 g/mol. The van der Waals surface area contributed by atoms with E-state index in [0.717, 1.165) is 0 Å². The molecule has 8 N–H and O–H groups in total. The summed E-state index contributed by atoms with van der Waals surface area (Å²) in [7, 11) is -3.82. The van der Waals surface area contributed by atoms with Crippen LogP contribution in [0, 0.1) is 11.3 Å². The van der Waals surface area contributed by atoms with Crippen molar-refractivity contribution in [3.8, 4) is 6.07 Å². The third-order valence-corrected chi connectivity index (χ3v) is 4.48. The van der Waals surface area contributed by atoms with Crippen molar-refractivity contribution in [3.63, 3.8) is 0 Å². The number of nitriles is 1. The van der Waals surface area contributed by atoms with E-state index in [-0.39, 0.29) is 11.5 Å². The summed E-state index contributed by atoms with van der Waals surface area (Å²) in [6.07, 6.45) is -3.18. The van der Waals surface area contributed by atoms with Gasteiger partial charge in [-0.1, -0.05) is 0 Å². The van der Waals surface area contributed by atoms with Crippen LogP contribution in [-0.4, -0.2) is 49.7 Å². The van der Waals surface area contributed by atoms with E-state index < -0.39 is 38.2 Å². The molecule has 1 fully saturated rings. The predicted octanol–water partition coefficient (Wildman–Crippen LogP) is -1.81. The van der Waals surface area contributed by atoms with Crippen LogP contribution in [0.5, 0.6) is 0 Å². The number of hydrogen-bond donors (Lipinski definition) is 5. The van der Waals surface area contributed by atoms with E-state index in [9.17, 15) is 20.0 Å². The number of nitrogens with zero attached hydrogens (tertiary/aromatic N) is 4. The Morgan fingerprint density at radius 3 is 2.84 bits per heavy atom. The molecule has 0 bridgehead atoms. The zero-order valence-electron chi connectivity index (χ0n) is 12.8. The van der Waals surface area contributed by atoms with Crippen LogP contribution in [-0.2, 0) is 19.4 Å². The molecule has 0 unspecified atom stereocenters. The van der Waals surface area contributed by atoms with Gasteiger partial charge in [0.25, 0.3) is 0 Å². The molecule has 0 aromatic carbocycles. The first-order chi connectivity index (χ1) is 11.7. The lowest BCUT2D eigenvalue weighted by Crippen LogP contribution is -2.41. The van der Waals surface area contributed by atoms with Crippen molar-refractivity contribution < 1.29 is 24.0 Å². The number of ether oxygens (including phenoxy) is 1. The average molecular weight is 369 g/mol. The number of aliphatic hydroxyl groups is 2. The normalized spacial score (nSPS) is 29.8. The van der Waals surface area contributed by atoms with E-state index >= 15 is 0 Å². The van der Waals surface area contributed by atoms with Gasteiger partial charge in [0.15, 0.2) is 5.82 Å². The second-order valence-electron chi connectivity index (χ2n) is 5.54. The highest BCUT2D eigenvalue weighted by Gasteiger charge is 2.57. The number of aliphatic hydroxyl groups excluding tert-OH is 2. The van der Waals surface area contributed by atoms with Crippen LogP contribution in [0.25, 0.3) is 5.52 Å². The summed E-state index contributed by atoms with van der Waals surface area (Å²) in [6, 6.07) is 4.87. The summed E-state index contributed by atoms with van der Waals surface area (Å²) >= 11 is 0. The minimum atomic E-state index is -3.82. The lowest BCUT2D eigenvalue weighted by atomic mass is 9.92. The van der Waals surface area contributed by atoms with E-state index in [4.69, 9.17) is 26.0 Å². The minimum absolute atomic E-state index is 0.136. The number of aromatic nitrogens is 3. The van der Waals surface area contributed by atoms with Crippen LogP contribution >= 0.6 is 7.67 Å².